The van der Waals surface area contributed by atoms with Crippen LogP contribution in [0.4, 0.5) is 11.4 Å². The number of ketones is 1. The number of sulfonamides is 1. The number of hydrogen-bond acceptors (Lipinski definition) is 5. The smallest absolute Gasteiger partial charge is 0.262 e. The Kier molecular flexibility index (Phi) is 4.21. The van der Waals surface area contributed by atoms with Gasteiger partial charge in [-0.15, -0.1) is 0 Å². The molecular weight excluding hydrogens is 476 g/mol. The third-order valence-corrected chi connectivity index (χ3v) is 8.69. The highest BCUT2D eigenvalue weighted by molar-refractivity contribution is 7.93. The minimum absolute atomic E-state index is 0.0142. The molecule has 0 saturated carbocycles. The first kappa shape index (κ1) is 21.1. The highest BCUT2D eigenvalue weighted by Crippen LogP contribution is 2.42. The molecule has 8 heteroatoms. The number of nitrogens with zero attached hydrogens (tertiary/aromatic N) is 1. The molecule has 0 bridgehead atoms. The summed E-state index contributed by atoms with van der Waals surface area (Å²) in [5.74, 6) is 0.511. The van der Waals surface area contributed by atoms with Crippen LogP contribution in [0.25, 0.3) is 32.5 Å². The normalized spacial score (nSPS) is 15.3. The average Bonchev–Trinajstić information content (AvgIpc) is 3.37. The van der Waals surface area contributed by atoms with Crippen LogP contribution in [0.3, 0.4) is 0 Å². The molecule has 7 nitrogen and oxygen atoms in total. The van der Waals surface area contributed by atoms with E-state index < -0.39 is 10.0 Å². The molecule has 7 rings (SSSR count). The van der Waals surface area contributed by atoms with E-state index in [1.165, 1.54) is 11.0 Å². The van der Waals surface area contributed by atoms with Gasteiger partial charge in [0.15, 0.2) is 5.78 Å². The van der Waals surface area contributed by atoms with Crippen LogP contribution in [0.2, 0.25) is 0 Å². The second-order valence-electron chi connectivity index (χ2n) is 9.30. The SMILES string of the molecule is CN1C(=O)c2cccc3c(S(=O)(=O)Nc4cc5c6c(oc5c5ccccc45)CCCC6=O)ccc1c23. The van der Waals surface area contributed by atoms with Crippen molar-refractivity contribution < 1.29 is 22.4 Å². The Labute approximate surface area is 206 Å². The van der Waals surface area contributed by atoms with E-state index in [0.717, 1.165) is 11.8 Å². The highest BCUT2D eigenvalue weighted by atomic mass is 32.2. The molecule has 1 N–H and O–H groups in total. The number of nitrogens with one attached hydrogen (secondary N) is 1. The fraction of sp³-hybridized carbons (Fsp3) is 0.143. The number of furan rings is 1. The first-order valence-corrected chi connectivity index (χ1v) is 13.2. The monoisotopic (exact) mass is 496 g/mol. The fourth-order valence-electron chi connectivity index (χ4n) is 5.61. The number of Topliss-reactive ketones (excluding diaryl/α,β-unsaturated/α-hetero) is 1. The lowest BCUT2D eigenvalue weighted by Crippen LogP contribution is -2.20. The number of aryl methyl sites for hydroxylation is 1. The molecule has 1 aliphatic heterocycles. The highest BCUT2D eigenvalue weighted by Gasteiger charge is 2.31. The summed E-state index contributed by atoms with van der Waals surface area (Å²) in [5, 5.41) is 3.15. The summed E-state index contributed by atoms with van der Waals surface area (Å²) in [6, 6.07) is 17.4. The van der Waals surface area contributed by atoms with Crippen molar-refractivity contribution in [1.29, 1.82) is 0 Å². The molecule has 0 fully saturated rings. The van der Waals surface area contributed by atoms with Gasteiger partial charge in [0.05, 0.1) is 21.8 Å². The summed E-state index contributed by atoms with van der Waals surface area (Å²) in [4.78, 5) is 27.0. The van der Waals surface area contributed by atoms with E-state index in [4.69, 9.17) is 4.42 Å². The van der Waals surface area contributed by atoms with Gasteiger partial charge in [0.25, 0.3) is 15.9 Å². The van der Waals surface area contributed by atoms with Crippen molar-refractivity contribution in [2.75, 3.05) is 16.7 Å². The Morgan fingerprint density at radius 2 is 1.67 bits per heavy atom. The van der Waals surface area contributed by atoms with Gasteiger partial charge in [-0.1, -0.05) is 36.4 Å². The maximum Gasteiger partial charge on any atom is 0.262 e. The third-order valence-electron chi connectivity index (χ3n) is 7.26. The number of anilines is 2. The summed E-state index contributed by atoms with van der Waals surface area (Å²) >= 11 is 0. The van der Waals surface area contributed by atoms with E-state index in [2.05, 4.69) is 4.72 Å². The second kappa shape index (κ2) is 7.18. The van der Waals surface area contributed by atoms with E-state index in [1.807, 2.05) is 24.3 Å². The van der Waals surface area contributed by atoms with E-state index in [0.29, 0.717) is 68.2 Å². The Bertz CT molecular complexity index is 1920. The first-order chi connectivity index (χ1) is 17.3. The van der Waals surface area contributed by atoms with E-state index >= 15 is 0 Å². The molecule has 1 aromatic heterocycles. The van der Waals surface area contributed by atoms with Crippen molar-refractivity contribution in [3.05, 3.63) is 77.6 Å². The molecule has 178 valence electrons. The molecule has 4 aromatic carbocycles. The van der Waals surface area contributed by atoms with Crippen LogP contribution in [0.5, 0.6) is 0 Å². The van der Waals surface area contributed by atoms with Crippen molar-refractivity contribution in [3.63, 3.8) is 0 Å². The molecule has 2 aliphatic rings. The topological polar surface area (TPSA) is 96.7 Å². The van der Waals surface area contributed by atoms with Gasteiger partial charge in [-0.2, -0.15) is 0 Å². The lowest BCUT2D eigenvalue weighted by molar-refractivity contribution is 0.0969. The number of carbonyl (C=O) groups excluding carboxylic acids is 2. The first-order valence-electron chi connectivity index (χ1n) is 11.7. The van der Waals surface area contributed by atoms with Gasteiger partial charge in [0, 0.05) is 52.4 Å². The third kappa shape index (κ3) is 2.76. The predicted molar refractivity (Wildman–Crippen MR) is 138 cm³/mol. The van der Waals surface area contributed by atoms with Gasteiger partial charge in [-0.3, -0.25) is 14.3 Å². The lowest BCUT2D eigenvalue weighted by Gasteiger charge is -2.15. The lowest BCUT2D eigenvalue weighted by atomic mass is 9.93. The summed E-state index contributed by atoms with van der Waals surface area (Å²) in [7, 11) is -2.38. The van der Waals surface area contributed by atoms with Crippen LogP contribution in [-0.2, 0) is 16.4 Å². The second-order valence-corrected chi connectivity index (χ2v) is 11.0. The molecule has 36 heavy (non-hydrogen) atoms. The average molecular weight is 497 g/mol. The fourth-order valence-corrected chi connectivity index (χ4v) is 6.89. The minimum atomic E-state index is -4.05. The molecule has 0 radical (unpaired) electrons. The molecule has 5 aromatic rings. The largest absolute Gasteiger partial charge is 0.460 e. The van der Waals surface area contributed by atoms with Crippen LogP contribution in [0, 0.1) is 0 Å². The van der Waals surface area contributed by atoms with Gasteiger partial charge < -0.3 is 9.32 Å². The Hall–Kier alpha value is -4.17. The van der Waals surface area contributed by atoms with Crippen molar-refractivity contribution >= 4 is 65.6 Å². The molecule has 0 saturated heterocycles. The van der Waals surface area contributed by atoms with Gasteiger partial charge in [0.1, 0.15) is 11.3 Å². The Morgan fingerprint density at radius 3 is 2.50 bits per heavy atom. The number of benzene rings is 4. The van der Waals surface area contributed by atoms with E-state index in [-0.39, 0.29) is 16.6 Å². The van der Waals surface area contributed by atoms with Crippen molar-refractivity contribution in [3.8, 4) is 0 Å². The van der Waals surface area contributed by atoms with Crippen LogP contribution in [0.15, 0.2) is 70.0 Å². The molecule has 0 unspecified atom stereocenters. The van der Waals surface area contributed by atoms with Gasteiger partial charge in [-0.25, -0.2) is 8.42 Å². The van der Waals surface area contributed by atoms with Crippen molar-refractivity contribution in [2.24, 2.45) is 0 Å². The van der Waals surface area contributed by atoms with Gasteiger partial charge in [-0.05, 0) is 30.7 Å². The number of fused-ring (bicyclic) bond motifs is 5. The molecule has 0 atom stereocenters. The maximum atomic E-state index is 13.8. The number of carbonyl (C=O) groups is 2. The Balaban J connectivity index is 1.44. The summed E-state index contributed by atoms with van der Waals surface area (Å²) in [6.07, 6.45) is 1.87. The minimum Gasteiger partial charge on any atom is -0.460 e. The van der Waals surface area contributed by atoms with Crippen molar-refractivity contribution in [2.45, 2.75) is 24.2 Å². The van der Waals surface area contributed by atoms with Crippen LogP contribution < -0.4 is 9.62 Å². The summed E-state index contributed by atoms with van der Waals surface area (Å²) in [6.45, 7) is 0. The van der Waals surface area contributed by atoms with Gasteiger partial charge >= 0.3 is 0 Å². The Morgan fingerprint density at radius 1 is 0.889 bits per heavy atom. The van der Waals surface area contributed by atoms with Crippen molar-refractivity contribution in [1.82, 2.24) is 0 Å². The quantitative estimate of drug-likeness (QED) is 0.348. The van der Waals surface area contributed by atoms with Crippen LogP contribution >= 0.6 is 0 Å². The van der Waals surface area contributed by atoms with Crippen LogP contribution in [0.1, 0.15) is 39.3 Å². The number of amides is 1. The van der Waals surface area contributed by atoms with Gasteiger partial charge in [0.2, 0.25) is 0 Å². The maximum absolute atomic E-state index is 13.8. The number of rotatable bonds is 3. The molecule has 1 aliphatic carbocycles. The van der Waals surface area contributed by atoms with E-state index in [1.54, 1.807) is 37.4 Å². The molecular formula is C28H20N2O5S. The molecule has 0 spiro atoms. The van der Waals surface area contributed by atoms with Crippen LogP contribution in [-0.4, -0.2) is 27.2 Å². The zero-order chi connectivity index (χ0) is 24.8. The molecule has 2 heterocycles. The summed E-state index contributed by atoms with van der Waals surface area (Å²) in [5.41, 5.74) is 2.68. The zero-order valence-electron chi connectivity index (χ0n) is 19.3. The summed E-state index contributed by atoms with van der Waals surface area (Å²) < 4.78 is 36.5. The zero-order valence-corrected chi connectivity index (χ0v) is 20.1. The standard InChI is InChI=1S/C28H20N2O5S/c1-30-21-12-13-24(17-8-4-9-18(25(17)21)28(30)32)36(33,34)29-20-14-19-26-22(31)10-5-11-23(26)35-27(19)16-7-3-2-6-15(16)20/h2-4,6-9,12-14,29H,5,10-11H2,1H3. The molecule has 1 amide bonds. The predicted octanol–water partition coefficient (Wildman–Crippen LogP) is 5.65. The number of hydrogen-bond donors (Lipinski definition) is 1. The van der Waals surface area contributed by atoms with E-state index in [9.17, 15) is 18.0 Å².